The van der Waals surface area contributed by atoms with Gasteiger partial charge in [0.25, 0.3) is 0 Å². The van der Waals surface area contributed by atoms with Crippen LogP contribution in [0, 0.1) is 23.0 Å². The normalized spacial score (nSPS) is 11.2. The van der Waals surface area contributed by atoms with Gasteiger partial charge in [-0.1, -0.05) is 6.07 Å². The third kappa shape index (κ3) is 3.59. The Morgan fingerprint density at radius 3 is 2.62 bits per heavy atom. The van der Waals surface area contributed by atoms with Gasteiger partial charge >= 0.3 is 0 Å². The van der Waals surface area contributed by atoms with Crippen LogP contribution < -0.4 is 5.32 Å². The number of hydrogen-bond donors (Lipinski definition) is 1. The average molecular weight is 224 g/mol. The lowest BCUT2D eigenvalue weighted by Crippen LogP contribution is -2.38. The fourth-order valence-corrected chi connectivity index (χ4v) is 1.27. The van der Waals surface area contributed by atoms with Crippen molar-refractivity contribution in [1.29, 1.82) is 5.26 Å². The highest BCUT2D eigenvalue weighted by Crippen LogP contribution is 2.10. The van der Waals surface area contributed by atoms with Crippen molar-refractivity contribution in [3.63, 3.8) is 0 Å². The quantitative estimate of drug-likeness (QED) is 0.852. The highest BCUT2D eigenvalue weighted by molar-refractivity contribution is 5.19. The summed E-state index contributed by atoms with van der Waals surface area (Å²) in [6.07, 6.45) is 0.428. The molecule has 0 aliphatic rings. The summed E-state index contributed by atoms with van der Waals surface area (Å²) in [5.41, 5.74) is -0.182. The Bertz CT molecular complexity index is 408. The molecule has 16 heavy (non-hydrogen) atoms. The minimum atomic E-state index is -0.628. The van der Waals surface area contributed by atoms with Crippen molar-refractivity contribution < 1.29 is 8.78 Å². The predicted molar refractivity (Wildman–Crippen MR) is 57.8 cm³/mol. The van der Waals surface area contributed by atoms with Gasteiger partial charge in [0.15, 0.2) is 0 Å². The van der Waals surface area contributed by atoms with E-state index in [1.807, 2.05) is 0 Å². The second-order valence-corrected chi connectivity index (χ2v) is 4.15. The minimum absolute atomic E-state index is 0.428. The molecule has 1 N–H and O–H groups in total. The molecule has 2 nitrogen and oxygen atoms in total. The summed E-state index contributed by atoms with van der Waals surface area (Å²) in [6, 6.07) is 5.60. The van der Waals surface area contributed by atoms with Crippen molar-refractivity contribution in [2.45, 2.75) is 25.8 Å². The van der Waals surface area contributed by atoms with Crippen molar-refractivity contribution in [1.82, 2.24) is 5.32 Å². The first kappa shape index (κ1) is 12.6. The summed E-state index contributed by atoms with van der Waals surface area (Å²) in [6.45, 7) is 3.96. The van der Waals surface area contributed by atoms with Crippen LogP contribution in [0.1, 0.15) is 19.4 Å². The lowest BCUT2D eigenvalue weighted by atomic mass is 10.1. The van der Waals surface area contributed by atoms with E-state index in [1.54, 1.807) is 13.8 Å². The standard InChI is InChI=1S/C12H14F2N2/c1-12(2,8-15)16-6-5-9-3-4-10(13)7-11(9)14/h3-4,7,16H,5-6H2,1-2H3. The number of nitriles is 1. The SMILES string of the molecule is CC(C)(C#N)NCCc1ccc(F)cc1F. The molecule has 0 radical (unpaired) electrons. The first-order chi connectivity index (χ1) is 7.44. The Morgan fingerprint density at radius 2 is 2.06 bits per heavy atom. The molecule has 4 heteroatoms. The highest BCUT2D eigenvalue weighted by atomic mass is 19.1. The van der Waals surface area contributed by atoms with Gasteiger partial charge in [-0.05, 0) is 31.9 Å². The van der Waals surface area contributed by atoms with E-state index in [0.29, 0.717) is 18.5 Å². The van der Waals surface area contributed by atoms with Gasteiger partial charge < -0.3 is 0 Å². The summed E-state index contributed by atoms with van der Waals surface area (Å²) in [5.74, 6) is -1.12. The third-order valence-corrected chi connectivity index (χ3v) is 2.26. The number of rotatable bonds is 4. The Morgan fingerprint density at radius 1 is 1.38 bits per heavy atom. The molecule has 1 aromatic rings. The fourth-order valence-electron chi connectivity index (χ4n) is 1.27. The van der Waals surface area contributed by atoms with Crippen LogP contribution in [0.25, 0.3) is 0 Å². The van der Waals surface area contributed by atoms with Crippen LogP contribution in [0.5, 0.6) is 0 Å². The van der Waals surface area contributed by atoms with Gasteiger partial charge in [-0.2, -0.15) is 5.26 Å². The van der Waals surface area contributed by atoms with E-state index in [2.05, 4.69) is 11.4 Å². The maximum Gasteiger partial charge on any atom is 0.129 e. The first-order valence-corrected chi connectivity index (χ1v) is 5.05. The molecular weight excluding hydrogens is 210 g/mol. The molecule has 0 amide bonds. The monoisotopic (exact) mass is 224 g/mol. The number of hydrogen-bond acceptors (Lipinski definition) is 2. The van der Waals surface area contributed by atoms with Gasteiger partial charge in [0, 0.05) is 12.6 Å². The number of halogens is 2. The van der Waals surface area contributed by atoms with Crippen molar-refractivity contribution >= 4 is 0 Å². The molecule has 1 aromatic carbocycles. The van der Waals surface area contributed by atoms with Crippen LogP contribution in [0.3, 0.4) is 0 Å². The molecule has 0 aliphatic heterocycles. The number of nitrogens with one attached hydrogen (secondary N) is 1. The van der Waals surface area contributed by atoms with E-state index in [9.17, 15) is 8.78 Å². The van der Waals surface area contributed by atoms with Crippen LogP contribution in [0.2, 0.25) is 0 Å². The maximum absolute atomic E-state index is 13.2. The van der Waals surface area contributed by atoms with Gasteiger partial charge in [0.05, 0.1) is 6.07 Å². The molecule has 0 spiro atoms. The van der Waals surface area contributed by atoms with E-state index >= 15 is 0 Å². The van der Waals surface area contributed by atoms with Crippen LogP contribution >= 0.6 is 0 Å². The zero-order valence-electron chi connectivity index (χ0n) is 9.35. The summed E-state index contributed by atoms with van der Waals surface area (Å²) >= 11 is 0. The number of nitrogens with zero attached hydrogens (tertiary/aromatic N) is 1. The predicted octanol–water partition coefficient (Wildman–Crippen LogP) is 2.40. The topological polar surface area (TPSA) is 35.8 Å². The summed E-state index contributed by atoms with van der Waals surface area (Å²) < 4.78 is 25.8. The van der Waals surface area contributed by atoms with Crippen LogP contribution in [0.4, 0.5) is 8.78 Å². The van der Waals surface area contributed by atoms with Crippen LogP contribution in [-0.4, -0.2) is 12.1 Å². The van der Waals surface area contributed by atoms with Gasteiger partial charge in [0.2, 0.25) is 0 Å². The molecule has 0 saturated heterocycles. The van der Waals surface area contributed by atoms with Gasteiger partial charge in [-0.15, -0.1) is 0 Å². The van der Waals surface area contributed by atoms with E-state index in [-0.39, 0.29) is 0 Å². The van der Waals surface area contributed by atoms with Crippen LogP contribution in [-0.2, 0) is 6.42 Å². The second-order valence-electron chi connectivity index (χ2n) is 4.15. The maximum atomic E-state index is 13.2. The Labute approximate surface area is 93.9 Å². The lowest BCUT2D eigenvalue weighted by Gasteiger charge is -2.17. The Kier molecular flexibility index (Phi) is 3.97. The van der Waals surface area contributed by atoms with E-state index in [0.717, 1.165) is 6.07 Å². The van der Waals surface area contributed by atoms with Crippen molar-refractivity contribution in [2.75, 3.05) is 6.54 Å². The molecular formula is C12H14F2N2. The molecule has 0 aromatic heterocycles. The molecule has 0 saturated carbocycles. The Balaban J connectivity index is 2.53. The molecule has 0 bridgehead atoms. The summed E-state index contributed by atoms with van der Waals surface area (Å²) in [4.78, 5) is 0. The van der Waals surface area contributed by atoms with Gasteiger partial charge in [-0.3, -0.25) is 5.32 Å². The Hall–Kier alpha value is -1.47. The zero-order chi connectivity index (χ0) is 12.2. The zero-order valence-corrected chi connectivity index (χ0v) is 9.35. The molecule has 0 unspecified atom stereocenters. The molecule has 0 aliphatic carbocycles. The molecule has 0 fully saturated rings. The third-order valence-electron chi connectivity index (χ3n) is 2.26. The number of benzene rings is 1. The van der Waals surface area contributed by atoms with Crippen molar-refractivity contribution in [3.8, 4) is 6.07 Å². The van der Waals surface area contributed by atoms with E-state index < -0.39 is 17.2 Å². The molecule has 86 valence electrons. The van der Waals surface area contributed by atoms with Crippen molar-refractivity contribution in [3.05, 3.63) is 35.4 Å². The average Bonchev–Trinajstić information content (AvgIpc) is 2.21. The van der Waals surface area contributed by atoms with E-state index in [1.165, 1.54) is 12.1 Å². The highest BCUT2D eigenvalue weighted by Gasteiger charge is 2.14. The lowest BCUT2D eigenvalue weighted by molar-refractivity contribution is 0.484. The molecule has 0 heterocycles. The largest absolute Gasteiger partial charge is 0.300 e. The molecule has 0 atom stereocenters. The van der Waals surface area contributed by atoms with Crippen molar-refractivity contribution in [2.24, 2.45) is 0 Å². The molecule has 1 rings (SSSR count). The van der Waals surface area contributed by atoms with Gasteiger partial charge in [0.1, 0.15) is 17.2 Å². The smallest absolute Gasteiger partial charge is 0.129 e. The summed E-state index contributed by atoms with van der Waals surface area (Å²) in [5, 5.41) is 11.7. The second kappa shape index (κ2) is 5.04. The first-order valence-electron chi connectivity index (χ1n) is 5.05. The summed E-state index contributed by atoms with van der Waals surface area (Å²) in [7, 11) is 0. The van der Waals surface area contributed by atoms with Gasteiger partial charge in [-0.25, -0.2) is 8.78 Å². The van der Waals surface area contributed by atoms with Crippen LogP contribution in [0.15, 0.2) is 18.2 Å². The minimum Gasteiger partial charge on any atom is -0.300 e. The van der Waals surface area contributed by atoms with E-state index in [4.69, 9.17) is 5.26 Å². The fraction of sp³-hybridized carbons (Fsp3) is 0.417.